The Kier molecular flexibility index (Phi) is 5.72. The third-order valence-electron chi connectivity index (χ3n) is 3.99. The Hall–Kier alpha value is -0.400. The summed E-state index contributed by atoms with van der Waals surface area (Å²) in [5, 5.41) is 58.8. The molecule has 10 heteroatoms. The van der Waals surface area contributed by atoms with E-state index < -0.39 is 61.4 Å². The molecule has 2 rings (SSSR count). The smallest absolute Gasteiger partial charge is 0.187 e. The Morgan fingerprint density at radius 1 is 0.864 bits per heavy atom. The van der Waals surface area contributed by atoms with Crippen LogP contribution in [-0.4, -0.2) is 98.6 Å². The summed E-state index contributed by atoms with van der Waals surface area (Å²) in [7, 11) is 0. The van der Waals surface area contributed by atoms with E-state index >= 15 is 0 Å². The Bertz CT molecular complexity index is 373. The van der Waals surface area contributed by atoms with Crippen molar-refractivity contribution in [2.45, 2.75) is 68.3 Å². The molecule has 0 radical (unpaired) electrons. The van der Waals surface area contributed by atoms with Crippen LogP contribution in [0.15, 0.2) is 0 Å². The zero-order valence-electron chi connectivity index (χ0n) is 12.0. The zero-order chi connectivity index (χ0) is 16.6. The molecule has 0 aromatic carbocycles. The lowest BCUT2D eigenvalue weighted by molar-refractivity contribution is -0.356. The highest BCUT2D eigenvalue weighted by Gasteiger charge is 2.49. The number of hydrogen-bond donors (Lipinski definition) is 7. The number of nitrogens with two attached hydrogens (primary N) is 1. The lowest BCUT2D eigenvalue weighted by Crippen LogP contribution is -2.64. The minimum Gasteiger partial charge on any atom is -0.388 e. The zero-order valence-corrected chi connectivity index (χ0v) is 12.0. The Morgan fingerprint density at radius 3 is 2.09 bits per heavy atom. The van der Waals surface area contributed by atoms with Gasteiger partial charge in [-0.2, -0.15) is 0 Å². The van der Waals surface area contributed by atoms with Crippen LogP contribution in [-0.2, 0) is 14.2 Å². The average molecular weight is 325 g/mol. The van der Waals surface area contributed by atoms with E-state index in [1.54, 1.807) is 0 Å². The van der Waals surface area contributed by atoms with Crippen molar-refractivity contribution >= 4 is 0 Å². The summed E-state index contributed by atoms with van der Waals surface area (Å²) in [4.78, 5) is 0. The second-order valence-electron chi connectivity index (χ2n) is 5.56. The van der Waals surface area contributed by atoms with Crippen LogP contribution in [0.1, 0.15) is 6.92 Å². The normalized spacial score (nSPS) is 53.5. The van der Waals surface area contributed by atoms with E-state index in [0.717, 1.165) is 0 Å². The van der Waals surface area contributed by atoms with Crippen molar-refractivity contribution in [3.8, 4) is 0 Å². The molecular formula is C12H23NO9. The van der Waals surface area contributed by atoms with Crippen LogP contribution in [0.3, 0.4) is 0 Å². The highest BCUT2D eigenvalue weighted by molar-refractivity contribution is 4.92. The van der Waals surface area contributed by atoms with Crippen LogP contribution in [0, 0.1) is 0 Å². The number of rotatable bonds is 3. The Labute approximate surface area is 126 Å². The molecule has 0 unspecified atom stereocenters. The van der Waals surface area contributed by atoms with E-state index in [0.29, 0.717) is 0 Å². The van der Waals surface area contributed by atoms with Crippen molar-refractivity contribution in [3.63, 3.8) is 0 Å². The summed E-state index contributed by atoms with van der Waals surface area (Å²) in [6.07, 6.45) is -13.6. The van der Waals surface area contributed by atoms with Crippen LogP contribution >= 0.6 is 0 Å². The van der Waals surface area contributed by atoms with Crippen LogP contribution in [0.5, 0.6) is 0 Å². The van der Waals surface area contributed by atoms with Gasteiger partial charge in [0.1, 0.15) is 42.7 Å². The van der Waals surface area contributed by atoms with Crippen LogP contribution in [0.25, 0.3) is 0 Å². The Balaban J connectivity index is 2.06. The fourth-order valence-corrected chi connectivity index (χ4v) is 2.54. The van der Waals surface area contributed by atoms with Crippen molar-refractivity contribution in [3.05, 3.63) is 0 Å². The third-order valence-corrected chi connectivity index (χ3v) is 3.99. The molecule has 2 heterocycles. The first-order valence-electron chi connectivity index (χ1n) is 7.02. The first-order chi connectivity index (χ1) is 10.3. The van der Waals surface area contributed by atoms with Crippen LogP contribution < -0.4 is 5.73 Å². The fourth-order valence-electron chi connectivity index (χ4n) is 2.54. The molecule has 130 valence electrons. The van der Waals surface area contributed by atoms with Crippen molar-refractivity contribution in [2.75, 3.05) is 6.54 Å². The van der Waals surface area contributed by atoms with E-state index in [4.69, 9.17) is 19.9 Å². The summed E-state index contributed by atoms with van der Waals surface area (Å²) < 4.78 is 15.5. The number of ether oxygens (including phenoxy) is 3. The molecule has 10 atom stereocenters. The maximum atomic E-state index is 9.99. The molecular weight excluding hydrogens is 302 g/mol. The molecule has 0 aliphatic carbocycles. The van der Waals surface area contributed by atoms with Crippen molar-refractivity contribution in [1.29, 1.82) is 0 Å². The lowest BCUT2D eigenvalue weighted by Gasteiger charge is -2.44. The first-order valence-corrected chi connectivity index (χ1v) is 7.02. The molecule has 2 saturated heterocycles. The van der Waals surface area contributed by atoms with Gasteiger partial charge in [-0.1, -0.05) is 0 Å². The number of aliphatic hydroxyl groups excluding tert-OH is 6. The van der Waals surface area contributed by atoms with E-state index in [1.165, 1.54) is 6.92 Å². The summed E-state index contributed by atoms with van der Waals surface area (Å²) in [6, 6.07) is 0. The van der Waals surface area contributed by atoms with Gasteiger partial charge in [0.25, 0.3) is 0 Å². The standard InChI is InChI=1S/C12H23NO9/c1-3-5(14)7(16)9(18)12(20-3)22-10-8(17)6(15)4(2-13)21-11(10)19/h3-12,14-19H,2,13H2,1H3/t3-,4+,5+,6-,7+,8-,9-,10+,11+,12-/m0/s1. The molecule has 0 bridgehead atoms. The van der Waals surface area contributed by atoms with E-state index in [-0.39, 0.29) is 6.54 Å². The summed E-state index contributed by atoms with van der Waals surface area (Å²) in [6.45, 7) is 1.34. The van der Waals surface area contributed by atoms with Gasteiger partial charge in [-0.3, -0.25) is 0 Å². The molecule has 8 N–H and O–H groups in total. The van der Waals surface area contributed by atoms with E-state index in [9.17, 15) is 30.6 Å². The SMILES string of the molecule is C[C@@H]1O[C@@H](O[C@@H]2[C@@H](O)[C@@H](O)[C@@H](CN)O[C@H]2O)[C@@H](O)[C@H](O)[C@@H]1O. The maximum Gasteiger partial charge on any atom is 0.187 e. The number of hydrogen-bond acceptors (Lipinski definition) is 10. The third kappa shape index (κ3) is 3.26. The van der Waals surface area contributed by atoms with Gasteiger partial charge in [0, 0.05) is 6.54 Å². The average Bonchev–Trinajstić information content (AvgIpc) is 2.49. The molecule has 2 aliphatic rings. The highest BCUT2D eigenvalue weighted by atomic mass is 16.7. The van der Waals surface area contributed by atoms with Gasteiger partial charge in [-0.25, -0.2) is 0 Å². The molecule has 0 aromatic heterocycles. The fraction of sp³-hybridized carbons (Fsp3) is 1.00. The van der Waals surface area contributed by atoms with Gasteiger partial charge in [0.2, 0.25) is 0 Å². The number of aliphatic hydroxyl groups is 6. The monoisotopic (exact) mass is 325 g/mol. The predicted octanol–water partition coefficient (Wildman–Crippen LogP) is -4.40. The maximum absolute atomic E-state index is 9.99. The highest BCUT2D eigenvalue weighted by Crippen LogP contribution is 2.27. The minimum absolute atomic E-state index is 0.119. The molecule has 2 fully saturated rings. The molecule has 22 heavy (non-hydrogen) atoms. The lowest BCUT2D eigenvalue weighted by atomic mass is 9.97. The predicted molar refractivity (Wildman–Crippen MR) is 69.2 cm³/mol. The van der Waals surface area contributed by atoms with Crippen LogP contribution in [0.4, 0.5) is 0 Å². The van der Waals surface area contributed by atoms with Crippen molar-refractivity contribution in [1.82, 2.24) is 0 Å². The molecule has 10 nitrogen and oxygen atoms in total. The van der Waals surface area contributed by atoms with Gasteiger partial charge in [0.15, 0.2) is 12.6 Å². The summed E-state index contributed by atoms with van der Waals surface area (Å²) in [5.41, 5.74) is 5.35. The van der Waals surface area contributed by atoms with Gasteiger partial charge < -0.3 is 50.6 Å². The van der Waals surface area contributed by atoms with Crippen molar-refractivity contribution in [2.24, 2.45) is 5.73 Å². The topological polar surface area (TPSA) is 175 Å². The second kappa shape index (κ2) is 7.01. The Morgan fingerprint density at radius 2 is 1.50 bits per heavy atom. The van der Waals surface area contributed by atoms with E-state index in [2.05, 4.69) is 0 Å². The van der Waals surface area contributed by atoms with Crippen LogP contribution in [0.2, 0.25) is 0 Å². The van der Waals surface area contributed by atoms with E-state index in [1.807, 2.05) is 0 Å². The molecule has 2 aliphatic heterocycles. The van der Waals surface area contributed by atoms with Gasteiger partial charge >= 0.3 is 0 Å². The van der Waals surface area contributed by atoms with Gasteiger partial charge in [0.05, 0.1) is 6.10 Å². The second-order valence-corrected chi connectivity index (χ2v) is 5.56. The molecule has 0 saturated carbocycles. The van der Waals surface area contributed by atoms with Crippen molar-refractivity contribution < 1.29 is 44.8 Å². The quantitative estimate of drug-likeness (QED) is 0.268. The summed E-state index contributed by atoms with van der Waals surface area (Å²) >= 11 is 0. The minimum atomic E-state index is -1.61. The van der Waals surface area contributed by atoms with Gasteiger partial charge in [-0.15, -0.1) is 0 Å². The molecule has 0 amide bonds. The first kappa shape index (κ1) is 17.9. The van der Waals surface area contributed by atoms with Gasteiger partial charge in [-0.05, 0) is 6.92 Å². The molecule has 0 aromatic rings. The largest absolute Gasteiger partial charge is 0.388 e. The summed E-state index contributed by atoms with van der Waals surface area (Å²) in [5.74, 6) is 0. The molecule has 0 spiro atoms.